The molecule has 2 heterocycles. The van der Waals surface area contributed by atoms with Crippen LogP contribution < -0.4 is 14.8 Å². The summed E-state index contributed by atoms with van der Waals surface area (Å²) in [6.07, 6.45) is 2.80. The van der Waals surface area contributed by atoms with Crippen molar-refractivity contribution in [3.63, 3.8) is 0 Å². The number of ether oxygens (including phenoxy) is 2. The van der Waals surface area contributed by atoms with Gasteiger partial charge in [-0.1, -0.05) is 30.3 Å². The highest BCUT2D eigenvalue weighted by Crippen LogP contribution is 2.33. The lowest BCUT2D eigenvalue weighted by atomic mass is 10.1. The molecule has 0 saturated heterocycles. The van der Waals surface area contributed by atoms with Crippen LogP contribution in [0, 0.1) is 0 Å². The van der Waals surface area contributed by atoms with E-state index in [1.54, 1.807) is 14.2 Å². The first-order valence-corrected chi connectivity index (χ1v) is 11.3. The van der Waals surface area contributed by atoms with Crippen LogP contribution in [-0.4, -0.2) is 30.1 Å². The summed E-state index contributed by atoms with van der Waals surface area (Å²) >= 11 is 2.98. The molecular formula is C23H21N3O3S2. The fraction of sp³-hybridized carbons (Fsp3) is 0.174. The van der Waals surface area contributed by atoms with Crippen molar-refractivity contribution < 1.29 is 14.3 Å². The zero-order chi connectivity index (χ0) is 21.6. The third-order valence-electron chi connectivity index (χ3n) is 4.55. The Bertz CT molecular complexity index is 1170. The fourth-order valence-electron chi connectivity index (χ4n) is 3.06. The van der Waals surface area contributed by atoms with Crippen molar-refractivity contribution in [2.45, 2.75) is 12.8 Å². The van der Waals surface area contributed by atoms with Gasteiger partial charge < -0.3 is 14.8 Å². The Balaban J connectivity index is 1.37. The minimum absolute atomic E-state index is 0.134. The van der Waals surface area contributed by atoms with Crippen LogP contribution in [-0.2, 0) is 17.6 Å². The highest BCUT2D eigenvalue weighted by molar-refractivity contribution is 7.15. The van der Waals surface area contributed by atoms with Crippen molar-refractivity contribution in [2.75, 3.05) is 19.5 Å². The van der Waals surface area contributed by atoms with Crippen LogP contribution in [0.15, 0.2) is 60.1 Å². The van der Waals surface area contributed by atoms with Gasteiger partial charge in [-0.05, 0) is 23.8 Å². The van der Waals surface area contributed by atoms with E-state index in [1.165, 1.54) is 28.2 Å². The normalized spacial score (nSPS) is 10.6. The minimum Gasteiger partial charge on any atom is -0.493 e. The second kappa shape index (κ2) is 9.72. The number of nitrogens with zero attached hydrogens (tertiary/aromatic N) is 2. The molecule has 2 aromatic carbocycles. The van der Waals surface area contributed by atoms with Crippen LogP contribution in [0.4, 0.5) is 5.13 Å². The SMILES string of the molecule is COc1ccc(-c2nc(CC(=O)Nc3ncc(Cc4ccccc4)s3)cs2)cc1OC. The van der Waals surface area contributed by atoms with Gasteiger partial charge in [0.2, 0.25) is 5.91 Å². The molecule has 0 unspecified atom stereocenters. The Morgan fingerprint density at radius 2 is 1.87 bits per heavy atom. The van der Waals surface area contributed by atoms with Crippen LogP contribution in [0.25, 0.3) is 10.6 Å². The Kier molecular flexibility index (Phi) is 6.59. The number of hydrogen-bond donors (Lipinski definition) is 1. The Morgan fingerprint density at radius 1 is 1.06 bits per heavy atom. The summed E-state index contributed by atoms with van der Waals surface area (Å²) in [4.78, 5) is 22.5. The standard InChI is InChI=1S/C23H21N3O3S2/c1-28-19-9-8-16(11-20(19)29-2)22-25-17(14-30-22)12-21(27)26-23-24-13-18(31-23)10-15-6-4-3-5-7-15/h3-9,11,13-14H,10,12H2,1-2H3,(H,24,26,27). The summed E-state index contributed by atoms with van der Waals surface area (Å²) in [6, 6.07) is 15.8. The summed E-state index contributed by atoms with van der Waals surface area (Å²) in [5.74, 6) is 1.17. The summed E-state index contributed by atoms with van der Waals surface area (Å²) in [5.41, 5.74) is 2.85. The van der Waals surface area contributed by atoms with Crippen molar-refractivity contribution in [1.29, 1.82) is 0 Å². The molecule has 0 fully saturated rings. The number of nitrogens with one attached hydrogen (secondary N) is 1. The van der Waals surface area contributed by atoms with Gasteiger partial charge in [-0.25, -0.2) is 9.97 Å². The van der Waals surface area contributed by atoms with Crippen LogP contribution in [0.3, 0.4) is 0 Å². The molecule has 4 aromatic rings. The van der Waals surface area contributed by atoms with E-state index in [0.29, 0.717) is 22.3 Å². The van der Waals surface area contributed by atoms with Crippen molar-refractivity contribution in [3.8, 4) is 22.1 Å². The van der Waals surface area contributed by atoms with E-state index < -0.39 is 0 Å². The Hall–Kier alpha value is -3.23. The number of hydrogen-bond acceptors (Lipinski definition) is 7. The highest BCUT2D eigenvalue weighted by atomic mass is 32.1. The van der Waals surface area contributed by atoms with Gasteiger partial charge in [0.15, 0.2) is 16.6 Å². The van der Waals surface area contributed by atoms with Gasteiger partial charge in [0.05, 0.1) is 26.3 Å². The smallest absolute Gasteiger partial charge is 0.232 e. The second-order valence-corrected chi connectivity index (χ2v) is 8.71. The molecule has 0 radical (unpaired) electrons. The van der Waals surface area contributed by atoms with E-state index in [0.717, 1.165) is 21.9 Å². The van der Waals surface area contributed by atoms with Crippen molar-refractivity contribution in [2.24, 2.45) is 0 Å². The average Bonchev–Trinajstić information content (AvgIpc) is 3.43. The third kappa shape index (κ3) is 5.28. The van der Waals surface area contributed by atoms with Crippen molar-refractivity contribution in [3.05, 3.63) is 76.2 Å². The largest absolute Gasteiger partial charge is 0.493 e. The maximum atomic E-state index is 12.5. The predicted molar refractivity (Wildman–Crippen MR) is 124 cm³/mol. The Labute approximate surface area is 188 Å². The first-order chi connectivity index (χ1) is 15.1. The van der Waals surface area contributed by atoms with E-state index >= 15 is 0 Å². The molecule has 0 atom stereocenters. The monoisotopic (exact) mass is 451 g/mol. The summed E-state index contributed by atoms with van der Waals surface area (Å²) in [7, 11) is 3.20. The molecule has 0 spiro atoms. The van der Waals surface area contributed by atoms with Crippen LogP contribution in [0.2, 0.25) is 0 Å². The number of carbonyl (C=O) groups excluding carboxylic acids is 1. The molecule has 8 heteroatoms. The van der Waals surface area contributed by atoms with Gasteiger partial charge in [-0.3, -0.25) is 4.79 Å². The van der Waals surface area contributed by atoms with Gasteiger partial charge in [0.25, 0.3) is 0 Å². The molecule has 0 aliphatic carbocycles. The summed E-state index contributed by atoms with van der Waals surface area (Å²) in [5, 5.41) is 6.20. The molecule has 2 aromatic heterocycles. The molecule has 31 heavy (non-hydrogen) atoms. The van der Waals surface area contributed by atoms with Crippen LogP contribution in [0.5, 0.6) is 11.5 Å². The molecule has 158 valence electrons. The van der Waals surface area contributed by atoms with E-state index in [4.69, 9.17) is 9.47 Å². The first-order valence-electron chi connectivity index (χ1n) is 9.60. The molecule has 6 nitrogen and oxygen atoms in total. The average molecular weight is 452 g/mol. The number of amides is 1. The molecule has 1 N–H and O–H groups in total. The molecule has 0 aliphatic rings. The number of methoxy groups -OCH3 is 2. The lowest BCUT2D eigenvalue weighted by molar-refractivity contribution is -0.115. The van der Waals surface area contributed by atoms with E-state index in [9.17, 15) is 4.79 Å². The van der Waals surface area contributed by atoms with Gasteiger partial charge >= 0.3 is 0 Å². The number of rotatable bonds is 8. The number of benzene rings is 2. The maximum absolute atomic E-state index is 12.5. The summed E-state index contributed by atoms with van der Waals surface area (Å²) < 4.78 is 10.6. The topological polar surface area (TPSA) is 73.3 Å². The zero-order valence-electron chi connectivity index (χ0n) is 17.1. The summed E-state index contributed by atoms with van der Waals surface area (Å²) in [6.45, 7) is 0. The maximum Gasteiger partial charge on any atom is 0.232 e. The molecule has 0 bridgehead atoms. The number of aromatic nitrogens is 2. The number of thiazole rings is 2. The third-order valence-corrected chi connectivity index (χ3v) is 6.40. The van der Waals surface area contributed by atoms with E-state index in [2.05, 4.69) is 27.4 Å². The molecule has 4 rings (SSSR count). The first kappa shape index (κ1) is 21.0. The van der Waals surface area contributed by atoms with Crippen LogP contribution >= 0.6 is 22.7 Å². The zero-order valence-corrected chi connectivity index (χ0v) is 18.8. The van der Waals surface area contributed by atoms with E-state index in [-0.39, 0.29) is 12.3 Å². The lowest BCUT2D eigenvalue weighted by Gasteiger charge is -2.08. The second-order valence-electron chi connectivity index (χ2n) is 6.73. The molecule has 0 saturated carbocycles. The Morgan fingerprint density at radius 3 is 2.65 bits per heavy atom. The van der Waals surface area contributed by atoms with Gasteiger partial charge in [0, 0.05) is 28.4 Å². The molecular weight excluding hydrogens is 430 g/mol. The molecule has 1 amide bonds. The minimum atomic E-state index is -0.134. The predicted octanol–water partition coefficient (Wildman–Crippen LogP) is 5.06. The van der Waals surface area contributed by atoms with Crippen molar-refractivity contribution >= 4 is 33.7 Å². The van der Waals surface area contributed by atoms with Gasteiger partial charge in [0.1, 0.15) is 5.01 Å². The van der Waals surface area contributed by atoms with Gasteiger partial charge in [-0.15, -0.1) is 22.7 Å². The van der Waals surface area contributed by atoms with Crippen LogP contribution in [0.1, 0.15) is 16.1 Å². The fourth-order valence-corrected chi connectivity index (χ4v) is 4.74. The number of anilines is 1. The van der Waals surface area contributed by atoms with Gasteiger partial charge in [-0.2, -0.15) is 0 Å². The van der Waals surface area contributed by atoms with Crippen molar-refractivity contribution in [1.82, 2.24) is 9.97 Å². The number of carbonyl (C=O) groups is 1. The lowest BCUT2D eigenvalue weighted by Crippen LogP contribution is -2.14. The molecule has 0 aliphatic heterocycles. The highest BCUT2D eigenvalue weighted by Gasteiger charge is 2.13. The van der Waals surface area contributed by atoms with E-state index in [1.807, 2.05) is 48.0 Å². The quantitative estimate of drug-likeness (QED) is 0.406.